The minimum absolute atomic E-state index is 0.146. The van der Waals surface area contributed by atoms with Crippen LogP contribution in [0.25, 0.3) is 0 Å². The van der Waals surface area contributed by atoms with Gasteiger partial charge < -0.3 is 29.5 Å². The van der Waals surface area contributed by atoms with Crippen molar-refractivity contribution in [2.45, 2.75) is 37.5 Å². The lowest BCUT2D eigenvalue weighted by molar-refractivity contribution is -0.119. The number of ether oxygens (including phenoxy) is 2. The van der Waals surface area contributed by atoms with Gasteiger partial charge in [0.2, 0.25) is 5.91 Å². The van der Waals surface area contributed by atoms with E-state index in [1.807, 2.05) is 17.0 Å². The second-order valence-electron chi connectivity index (χ2n) is 9.90. The summed E-state index contributed by atoms with van der Waals surface area (Å²) in [7, 11) is 1.57. The molecule has 2 atom stereocenters. The van der Waals surface area contributed by atoms with Gasteiger partial charge >= 0.3 is 0 Å². The Hall–Kier alpha value is -3.04. The van der Waals surface area contributed by atoms with Gasteiger partial charge in [-0.15, -0.1) is 0 Å². The average molecular weight is 575 g/mol. The largest absolute Gasteiger partial charge is 0.497 e. The smallest absolute Gasteiger partial charge is 0.227 e. The highest BCUT2D eigenvalue weighted by Gasteiger charge is 2.42. The van der Waals surface area contributed by atoms with Crippen molar-refractivity contribution in [1.82, 2.24) is 0 Å². The van der Waals surface area contributed by atoms with Gasteiger partial charge in [-0.25, -0.2) is 4.39 Å². The van der Waals surface area contributed by atoms with Crippen molar-refractivity contribution < 1.29 is 28.9 Å². The van der Waals surface area contributed by atoms with Crippen LogP contribution in [0, 0.1) is 5.82 Å². The van der Waals surface area contributed by atoms with Gasteiger partial charge in [-0.1, -0.05) is 35.3 Å². The number of carbonyl (C=O) groups excluding carboxylic acids is 1. The maximum Gasteiger partial charge on any atom is 0.227 e. The molecule has 0 aliphatic carbocycles. The highest BCUT2D eigenvalue weighted by atomic mass is 35.5. The number of carbonyl (C=O) groups is 1. The van der Waals surface area contributed by atoms with E-state index in [0.29, 0.717) is 40.1 Å². The minimum Gasteiger partial charge on any atom is -0.497 e. The lowest BCUT2D eigenvalue weighted by Crippen LogP contribution is -2.58. The predicted molar refractivity (Wildman–Crippen MR) is 149 cm³/mol. The quantitative estimate of drug-likeness (QED) is 0.413. The number of rotatable bonds is 7. The van der Waals surface area contributed by atoms with E-state index in [1.54, 1.807) is 37.4 Å². The zero-order valence-corrected chi connectivity index (χ0v) is 22.9. The summed E-state index contributed by atoms with van der Waals surface area (Å²) < 4.78 is 26.3. The Bertz CT molecular complexity index is 1370. The van der Waals surface area contributed by atoms with E-state index >= 15 is 4.39 Å². The van der Waals surface area contributed by atoms with E-state index in [2.05, 4.69) is 0 Å². The summed E-state index contributed by atoms with van der Waals surface area (Å²) in [6, 6.07) is 15.2. The number of hydrogen-bond acceptors (Lipinski definition) is 6. The zero-order chi connectivity index (χ0) is 27.7. The number of piperidine rings is 1. The van der Waals surface area contributed by atoms with Crippen LogP contribution in [-0.4, -0.2) is 54.6 Å². The molecule has 2 aliphatic heterocycles. The number of amides is 1. The standard InChI is InChI=1S/C29H29Cl2FN2O5/c1-38-20-5-2-18(3-6-20)15-34-27(36)11-7-21-25(10-8-23(32)28(21)34)39-17-29(37)12-13-33(16-26(29)35)24-9-4-19(30)14-22(24)31/h2-6,8-10,14,26,35,37H,7,11-13,15-17H2,1H3. The first-order valence-corrected chi connectivity index (χ1v) is 13.4. The first kappa shape index (κ1) is 27.5. The average Bonchev–Trinajstić information content (AvgIpc) is 2.92. The van der Waals surface area contributed by atoms with Gasteiger partial charge in [-0.3, -0.25) is 4.79 Å². The molecule has 0 spiro atoms. The number of fused-ring (bicyclic) bond motifs is 1. The number of nitrogens with zero attached hydrogens (tertiary/aromatic N) is 2. The van der Waals surface area contributed by atoms with E-state index in [9.17, 15) is 15.0 Å². The molecule has 1 amide bonds. The maximum atomic E-state index is 15.1. The SMILES string of the molecule is COc1ccc(CN2C(=O)CCc3c(OCC4(O)CCN(c5ccc(Cl)cc5Cl)CC4O)ccc(F)c32)cc1. The van der Waals surface area contributed by atoms with Crippen LogP contribution in [-0.2, 0) is 17.8 Å². The Morgan fingerprint density at radius 3 is 2.56 bits per heavy atom. The van der Waals surface area contributed by atoms with Gasteiger partial charge in [0, 0.05) is 30.1 Å². The Morgan fingerprint density at radius 2 is 1.87 bits per heavy atom. The lowest BCUT2D eigenvalue weighted by Gasteiger charge is -2.43. The minimum atomic E-state index is -1.52. The molecule has 10 heteroatoms. The number of β-amino-alcohol motifs (C(OH)–C–C–N with tert-alkyl or cyclic N) is 1. The van der Waals surface area contributed by atoms with Crippen LogP contribution < -0.4 is 19.3 Å². The van der Waals surface area contributed by atoms with Crippen LogP contribution in [0.5, 0.6) is 11.5 Å². The van der Waals surface area contributed by atoms with Crippen molar-refractivity contribution in [2.75, 3.05) is 36.6 Å². The number of aliphatic hydroxyl groups excluding tert-OH is 1. The second kappa shape index (κ2) is 11.2. The second-order valence-corrected chi connectivity index (χ2v) is 10.7. The molecule has 0 aromatic heterocycles. The summed E-state index contributed by atoms with van der Waals surface area (Å²) in [6.45, 7) is 0.583. The maximum absolute atomic E-state index is 15.1. The third-order valence-corrected chi connectivity index (χ3v) is 7.94. The molecule has 0 bridgehead atoms. The molecule has 7 nitrogen and oxygen atoms in total. The van der Waals surface area contributed by atoms with Crippen LogP contribution in [0.15, 0.2) is 54.6 Å². The van der Waals surface area contributed by atoms with Gasteiger partial charge in [0.1, 0.15) is 35.6 Å². The molecule has 2 N–H and O–H groups in total. The fraction of sp³-hybridized carbons (Fsp3) is 0.345. The predicted octanol–water partition coefficient (Wildman–Crippen LogP) is 5.00. The molecular formula is C29H29Cl2FN2O5. The summed E-state index contributed by atoms with van der Waals surface area (Å²) in [6.07, 6.45) is -0.391. The first-order valence-electron chi connectivity index (χ1n) is 12.7. The number of anilines is 2. The number of halogens is 3. The fourth-order valence-electron chi connectivity index (χ4n) is 5.12. The molecule has 3 aromatic rings. The molecule has 3 aromatic carbocycles. The van der Waals surface area contributed by atoms with Crippen molar-refractivity contribution in [1.29, 1.82) is 0 Å². The zero-order valence-electron chi connectivity index (χ0n) is 21.4. The van der Waals surface area contributed by atoms with Crippen molar-refractivity contribution >= 4 is 40.5 Å². The monoisotopic (exact) mass is 574 g/mol. The fourth-order valence-corrected chi connectivity index (χ4v) is 5.65. The summed E-state index contributed by atoms with van der Waals surface area (Å²) in [5.74, 6) is 0.359. The topological polar surface area (TPSA) is 82.5 Å². The van der Waals surface area contributed by atoms with Crippen molar-refractivity contribution in [3.63, 3.8) is 0 Å². The van der Waals surface area contributed by atoms with Crippen LogP contribution in [0.2, 0.25) is 10.0 Å². The molecule has 2 unspecified atom stereocenters. The van der Waals surface area contributed by atoms with Crippen molar-refractivity contribution in [2.24, 2.45) is 0 Å². The molecular weight excluding hydrogens is 546 g/mol. The molecule has 206 valence electrons. The number of benzene rings is 3. The Morgan fingerprint density at radius 1 is 1.10 bits per heavy atom. The highest BCUT2D eigenvalue weighted by molar-refractivity contribution is 6.36. The van der Waals surface area contributed by atoms with Crippen molar-refractivity contribution in [3.05, 3.63) is 81.6 Å². The summed E-state index contributed by atoms with van der Waals surface area (Å²) in [5.41, 5.74) is 0.764. The van der Waals surface area contributed by atoms with Gasteiger partial charge in [0.15, 0.2) is 0 Å². The molecule has 5 rings (SSSR count). The summed E-state index contributed by atoms with van der Waals surface area (Å²) >= 11 is 12.3. The van der Waals surface area contributed by atoms with E-state index in [4.69, 9.17) is 32.7 Å². The lowest BCUT2D eigenvalue weighted by atomic mass is 9.89. The van der Waals surface area contributed by atoms with E-state index in [-0.39, 0.29) is 44.1 Å². The van der Waals surface area contributed by atoms with Gasteiger partial charge in [0.25, 0.3) is 0 Å². The first-order chi connectivity index (χ1) is 18.7. The Kier molecular flexibility index (Phi) is 7.91. The number of aliphatic hydroxyl groups is 2. The molecule has 2 heterocycles. The van der Waals surface area contributed by atoms with Crippen LogP contribution in [0.4, 0.5) is 15.8 Å². The van der Waals surface area contributed by atoms with Crippen LogP contribution in [0.3, 0.4) is 0 Å². The summed E-state index contributed by atoms with van der Waals surface area (Å²) in [4.78, 5) is 16.2. The molecule has 0 saturated carbocycles. The Labute approximate surface area is 236 Å². The van der Waals surface area contributed by atoms with Gasteiger partial charge in [-0.05, 0) is 60.9 Å². The van der Waals surface area contributed by atoms with E-state index in [0.717, 1.165) is 11.3 Å². The van der Waals surface area contributed by atoms with Crippen molar-refractivity contribution in [3.8, 4) is 11.5 Å². The van der Waals surface area contributed by atoms with E-state index in [1.165, 1.54) is 17.0 Å². The number of hydrogen-bond donors (Lipinski definition) is 2. The van der Waals surface area contributed by atoms with Crippen LogP contribution in [0.1, 0.15) is 24.0 Å². The van der Waals surface area contributed by atoms with Gasteiger partial charge in [0.05, 0.1) is 30.1 Å². The molecule has 39 heavy (non-hydrogen) atoms. The van der Waals surface area contributed by atoms with E-state index < -0.39 is 17.5 Å². The van der Waals surface area contributed by atoms with Crippen LogP contribution >= 0.6 is 23.2 Å². The molecule has 0 radical (unpaired) electrons. The molecule has 1 saturated heterocycles. The number of methoxy groups -OCH3 is 1. The highest BCUT2D eigenvalue weighted by Crippen LogP contribution is 2.39. The van der Waals surface area contributed by atoms with Gasteiger partial charge in [-0.2, -0.15) is 0 Å². The third kappa shape index (κ3) is 5.65. The normalized spacial score (nSPS) is 21.1. The molecule has 2 aliphatic rings. The molecule has 1 fully saturated rings. The third-order valence-electron chi connectivity index (χ3n) is 7.41. The Balaban J connectivity index is 1.32. The summed E-state index contributed by atoms with van der Waals surface area (Å²) in [5, 5.41) is 23.1.